The number of fused-ring (bicyclic) bond motifs is 1. The molecule has 31 heavy (non-hydrogen) atoms. The van der Waals surface area contributed by atoms with Gasteiger partial charge in [-0.05, 0) is 30.9 Å². The van der Waals surface area contributed by atoms with E-state index in [-0.39, 0.29) is 29.9 Å². The van der Waals surface area contributed by atoms with Gasteiger partial charge in [0.15, 0.2) is 5.96 Å². The molecule has 1 saturated heterocycles. The number of ether oxygens (including phenoxy) is 2. The van der Waals surface area contributed by atoms with E-state index in [1.807, 2.05) is 17.0 Å². The minimum absolute atomic E-state index is 0. The summed E-state index contributed by atoms with van der Waals surface area (Å²) in [5.41, 5.74) is 2.54. The number of carbonyl (C=O) groups is 1. The van der Waals surface area contributed by atoms with Crippen molar-refractivity contribution in [1.29, 1.82) is 0 Å². The maximum Gasteiger partial charge on any atom is 0.223 e. The number of benzene rings is 1. The van der Waals surface area contributed by atoms with Crippen LogP contribution in [-0.2, 0) is 27.4 Å². The largest absolute Gasteiger partial charge is 0.382 e. The topological polar surface area (TPSA) is 66.4 Å². The number of likely N-dealkylation sites (tertiary alicyclic amines) is 1. The van der Waals surface area contributed by atoms with Crippen molar-refractivity contribution in [1.82, 2.24) is 15.1 Å². The molecule has 174 valence electrons. The zero-order valence-electron chi connectivity index (χ0n) is 18.8. The monoisotopic (exact) mass is 544 g/mol. The van der Waals surface area contributed by atoms with Gasteiger partial charge in [0.05, 0.1) is 19.8 Å². The Kier molecular flexibility index (Phi) is 11.6. The van der Waals surface area contributed by atoms with Gasteiger partial charge in [0.1, 0.15) is 0 Å². The molecule has 0 bridgehead atoms. The summed E-state index contributed by atoms with van der Waals surface area (Å²) in [5.74, 6) is 1.71. The van der Waals surface area contributed by atoms with E-state index in [0.29, 0.717) is 32.1 Å². The lowest BCUT2D eigenvalue weighted by Crippen LogP contribution is -2.40. The Morgan fingerprint density at radius 2 is 1.94 bits per heavy atom. The number of methoxy groups -OCH3 is 1. The molecule has 1 fully saturated rings. The Bertz CT molecular complexity index is 691. The third-order valence-electron chi connectivity index (χ3n) is 5.71. The molecule has 2 heterocycles. The molecule has 0 aliphatic carbocycles. The SMILES string of the molecule is CCNC(=NCCCC(=O)N1Cc2ccccc2C1)N1CCC(COCCOC)C1.I. The number of carbonyl (C=O) groups excluding carboxylic acids is 1. The van der Waals surface area contributed by atoms with E-state index < -0.39 is 0 Å². The number of aliphatic imine (C=N–C) groups is 1. The summed E-state index contributed by atoms with van der Waals surface area (Å²) in [4.78, 5) is 21.6. The zero-order chi connectivity index (χ0) is 21.2. The lowest BCUT2D eigenvalue weighted by Gasteiger charge is -2.22. The van der Waals surface area contributed by atoms with Gasteiger partial charge in [0.25, 0.3) is 0 Å². The third-order valence-corrected chi connectivity index (χ3v) is 5.71. The number of nitrogens with zero attached hydrogens (tertiary/aromatic N) is 3. The Labute approximate surface area is 203 Å². The van der Waals surface area contributed by atoms with Gasteiger partial charge in [-0.1, -0.05) is 24.3 Å². The molecule has 8 heteroatoms. The average Bonchev–Trinajstić information content (AvgIpc) is 3.40. The second-order valence-corrected chi connectivity index (χ2v) is 8.03. The highest BCUT2D eigenvalue weighted by Crippen LogP contribution is 2.23. The highest BCUT2D eigenvalue weighted by Gasteiger charge is 2.25. The van der Waals surface area contributed by atoms with Crippen LogP contribution in [-0.4, -0.2) is 74.8 Å². The smallest absolute Gasteiger partial charge is 0.223 e. The molecule has 1 unspecified atom stereocenters. The fourth-order valence-electron chi connectivity index (χ4n) is 4.06. The highest BCUT2D eigenvalue weighted by atomic mass is 127. The molecule has 1 atom stereocenters. The molecule has 1 amide bonds. The molecule has 7 nitrogen and oxygen atoms in total. The van der Waals surface area contributed by atoms with Crippen LogP contribution in [0.1, 0.15) is 37.3 Å². The third kappa shape index (κ3) is 7.91. The summed E-state index contributed by atoms with van der Waals surface area (Å²) in [6.07, 6.45) is 2.44. The summed E-state index contributed by atoms with van der Waals surface area (Å²) in [5, 5.41) is 3.40. The molecule has 1 aromatic rings. The van der Waals surface area contributed by atoms with E-state index in [9.17, 15) is 4.79 Å². The van der Waals surface area contributed by atoms with Gasteiger partial charge in [-0.15, -0.1) is 24.0 Å². The predicted molar refractivity (Wildman–Crippen MR) is 134 cm³/mol. The Balaban J connectivity index is 0.00000341. The molecule has 1 N–H and O–H groups in total. The van der Waals surface area contributed by atoms with Crippen molar-refractivity contribution in [3.05, 3.63) is 35.4 Å². The lowest BCUT2D eigenvalue weighted by atomic mass is 10.1. The molecule has 0 spiro atoms. The summed E-state index contributed by atoms with van der Waals surface area (Å²) in [6, 6.07) is 8.31. The molecular weight excluding hydrogens is 507 g/mol. The van der Waals surface area contributed by atoms with Crippen LogP contribution in [0.5, 0.6) is 0 Å². The van der Waals surface area contributed by atoms with Crippen molar-refractivity contribution >= 4 is 35.8 Å². The fraction of sp³-hybridized carbons (Fsp3) is 0.652. The quantitative estimate of drug-likeness (QED) is 0.213. The summed E-state index contributed by atoms with van der Waals surface area (Å²) < 4.78 is 10.7. The van der Waals surface area contributed by atoms with Crippen LogP contribution >= 0.6 is 24.0 Å². The standard InChI is InChI=1S/C23H36N4O3.HI/c1-3-24-23(26-12-10-19(15-26)18-30-14-13-29-2)25-11-6-9-22(28)27-16-20-7-4-5-8-21(20)17-27;/h4-5,7-8,19H,3,6,9-18H2,1-2H3,(H,24,25);1H. The van der Waals surface area contributed by atoms with Gasteiger partial charge in [0, 0.05) is 58.7 Å². The first-order valence-corrected chi connectivity index (χ1v) is 11.2. The lowest BCUT2D eigenvalue weighted by molar-refractivity contribution is -0.131. The Morgan fingerprint density at radius 3 is 2.61 bits per heavy atom. The van der Waals surface area contributed by atoms with E-state index in [4.69, 9.17) is 14.5 Å². The normalized spacial score (nSPS) is 18.1. The number of amides is 1. The molecule has 0 saturated carbocycles. The van der Waals surface area contributed by atoms with Crippen LogP contribution in [0.15, 0.2) is 29.3 Å². The van der Waals surface area contributed by atoms with Crippen molar-refractivity contribution in [3.8, 4) is 0 Å². The van der Waals surface area contributed by atoms with Gasteiger partial charge >= 0.3 is 0 Å². The minimum atomic E-state index is 0. The number of guanidine groups is 1. The minimum Gasteiger partial charge on any atom is -0.382 e. The summed E-state index contributed by atoms with van der Waals surface area (Å²) in [6.45, 7) is 9.09. The van der Waals surface area contributed by atoms with E-state index in [1.54, 1.807) is 7.11 Å². The second kappa shape index (κ2) is 13.9. The van der Waals surface area contributed by atoms with Crippen molar-refractivity contribution in [3.63, 3.8) is 0 Å². The average molecular weight is 544 g/mol. The molecular formula is C23H37IN4O3. The number of hydrogen-bond acceptors (Lipinski definition) is 4. The summed E-state index contributed by atoms with van der Waals surface area (Å²) >= 11 is 0. The van der Waals surface area contributed by atoms with Gasteiger partial charge in [-0.25, -0.2) is 0 Å². The number of hydrogen-bond donors (Lipinski definition) is 1. The first-order valence-electron chi connectivity index (χ1n) is 11.2. The number of nitrogens with one attached hydrogen (secondary N) is 1. The maximum atomic E-state index is 12.6. The van der Waals surface area contributed by atoms with Crippen molar-refractivity contribution in [2.24, 2.45) is 10.9 Å². The second-order valence-electron chi connectivity index (χ2n) is 8.03. The van der Waals surface area contributed by atoms with Crippen molar-refractivity contribution in [2.45, 2.75) is 39.3 Å². The molecule has 1 aromatic carbocycles. The predicted octanol–water partition coefficient (Wildman–Crippen LogP) is 2.88. The zero-order valence-corrected chi connectivity index (χ0v) is 21.2. The van der Waals surface area contributed by atoms with Crippen molar-refractivity contribution in [2.75, 3.05) is 53.1 Å². The highest BCUT2D eigenvalue weighted by molar-refractivity contribution is 14.0. The van der Waals surface area contributed by atoms with E-state index in [2.05, 4.69) is 29.3 Å². The first-order chi connectivity index (χ1) is 14.7. The number of halogens is 1. The number of rotatable bonds is 10. The molecule has 0 aromatic heterocycles. The van der Waals surface area contributed by atoms with Gasteiger partial charge in [0.2, 0.25) is 5.91 Å². The van der Waals surface area contributed by atoms with Gasteiger partial charge in [-0.3, -0.25) is 9.79 Å². The van der Waals surface area contributed by atoms with Crippen LogP contribution in [0.2, 0.25) is 0 Å². The fourth-order valence-corrected chi connectivity index (χ4v) is 4.06. The van der Waals surface area contributed by atoms with Crippen molar-refractivity contribution < 1.29 is 14.3 Å². The van der Waals surface area contributed by atoms with Gasteiger partial charge in [-0.2, -0.15) is 0 Å². The van der Waals surface area contributed by atoms with E-state index in [1.165, 1.54) is 11.1 Å². The molecule has 2 aliphatic heterocycles. The summed E-state index contributed by atoms with van der Waals surface area (Å²) in [7, 11) is 1.69. The van der Waals surface area contributed by atoms with Crippen LogP contribution in [0.25, 0.3) is 0 Å². The van der Waals surface area contributed by atoms with Crippen LogP contribution in [0.4, 0.5) is 0 Å². The van der Waals surface area contributed by atoms with E-state index >= 15 is 0 Å². The first kappa shape index (κ1) is 25.9. The van der Waals surface area contributed by atoms with Gasteiger partial charge < -0.3 is 24.6 Å². The van der Waals surface area contributed by atoms with E-state index in [0.717, 1.165) is 58.1 Å². The molecule has 3 rings (SSSR count). The van der Waals surface area contributed by atoms with Crippen LogP contribution in [0.3, 0.4) is 0 Å². The Hall–Kier alpha value is -1.39. The molecule has 0 radical (unpaired) electrons. The Morgan fingerprint density at radius 1 is 1.19 bits per heavy atom. The molecule has 2 aliphatic rings. The van der Waals surface area contributed by atoms with Crippen LogP contribution in [0, 0.1) is 5.92 Å². The van der Waals surface area contributed by atoms with Crippen LogP contribution < -0.4 is 5.32 Å². The maximum absolute atomic E-state index is 12.6.